The number of likely N-dealkylation sites (tertiary alicyclic amines) is 1. The molecule has 1 aliphatic heterocycles. The molecule has 0 bridgehead atoms. The molecular weight excluding hydrogens is 440 g/mol. The molecule has 180 valence electrons. The first-order valence-electron chi connectivity index (χ1n) is 10.9. The van der Waals surface area contributed by atoms with Crippen LogP contribution in [0.2, 0.25) is 0 Å². The molecule has 0 spiro atoms. The minimum absolute atomic E-state index is 0.0266. The highest BCUT2D eigenvalue weighted by Crippen LogP contribution is 2.41. The van der Waals surface area contributed by atoms with E-state index in [9.17, 15) is 27.2 Å². The van der Waals surface area contributed by atoms with Gasteiger partial charge < -0.3 is 15.5 Å². The number of alkyl halides is 4. The van der Waals surface area contributed by atoms with Crippen molar-refractivity contribution in [3.63, 3.8) is 0 Å². The van der Waals surface area contributed by atoms with E-state index in [1.807, 2.05) is 13.0 Å². The van der Waals surface area contributed by atoms with Crippen molar-refractivity contribution in [3.8, 4) is 6.07 Å². The third-order valence-electron chi connectivity index (χ3n) is 6.84. The van der Waals surface area contributed by atoms with Crippen molar-refractivity contribution in [1.29, 1.82) is 5.26 Å². The molecule has 0 unspecified atom stereocenters. The van der Waals surface area contributed by atoms with Gasteiger partial charge in [-0.3, -0.25) is 9.59 Å². The molecule has 1 aromatic rings. The molecule has 2 atom stereocenters. The number of hydrogen-bond donors (Lipinski definition) is 2. The average molecular weight is 468 g/mol. The summed E-state index contributed by atoms with van der Waals surface area (Å²) in [5.74, 6) is -0.679. The second kappa shape index (κ2) is 9.29. The summed E-state index contributed by atoms with van der Waals surface area (Å²) < 4.78 is 52.4. The van der Waals surface area contributed by atoms with E-state index in [4.69, 9.17) is 5.26 Å². The van der Waals surface area contributed by atoms with Crippen molar-refractivity contribution in [1.82, 2.24) is 10.2 Å². The van der Waals surface area contributed by atoms with Gasteiger partial charge in [0, 0.05) is 23.1 Å². The second-order valence-corrected chi connectivity index (χ2v) is 9.53. The molecule has 1 aromatic carbocycles. The molecule has 3 rings (SSSR count). The van der Waals surface area contributed by atoms with Gasteiger partial charge in [-0.2, -0.15) is 18.4 Å². The maximum atomic E-state index is 13.6. The number of hydrogen-bond acceptors (Lipinski definition) is 4. The van der Waals surface area contributed by atoms with Crippen molar-refractivity contribution in [3.05, 3.63) is 29.8 Å². The fraction of sp³-hybridized carbons (Fsp3) is 0.609. The van der Waals surface area contributed by atoms with E-state index in [0.717, 1.165) is 12.1 Å². The first-order valence-corrected chi connectivity index (χ1v) is 10.9. The average Bonchev–Trinajstić information content (AvgIpc) is 3.15. The van der Waals surface area contributed by atoms with Crippen LogP contribution in [0.1, 0.15) is 51.5 Å². The van der Waals surface area contributed by atoms with E-state index < -0.39 is 34.9 Å². The molecule has 2 amide bonds. The van der Waals surface area contributed by atoms with Gasteiger partial charge >= 0.3 is 6.18 Å². The van der Waals surface area contributed by atoms with Crippen LogP contribution in [0.25, 0.3) is 0 Å². The summed E-state index contributed by atoms with van der Waals surface area (Å²) in [5, 5.41) is 14.9. The maximum absolute atomic E-state index is 13.6. The highest BCUT2D eigenvalue weighted by atomic mass is 19.4. The Morgan fingerprint density at radius 1 is 1.21 bits per heavy atom. The maximum Gasteiger partial charge on any atom is 0.416 e. The van der Waals surface area contributed by atoms with Gasteiger partial charge in [-0.25, -0.2) is 4.39 Å². The Kier molecular flexibility index (Phi) is 7.03. The fourth-order valence-corrected chi connectivity index (χ4v) is 4.39. The molecule has 1 heterocycles. The summed E-state index contributed by atoms with van der Waals surface area (Å²) in [5.41, 5.74) is -1.92. The lowest BCUT2D eigenvalue weighted by atomic mass is 9.68. The van der Waals surface area contributed by atoms with Gasteiger partial charge in [0.15, 0.2) is 0 Å². The summed E-state index contributed by atoms with van der Waals surface area (Å²) in [6.45, 7) is 3.61. The zero-order valence-electron chi connectivity index (χ0n) is 18.6. The molecule has 1 saturated carbocycles. The van der Waals surface area contributed by atoms with E-state index in [1.165, 1.54) is 17.0 Å². The summed E-state index contributed by atoms with van der Waals surface area (Å²) in [7, 11) is 0. The van der Waals surface area contributed by atoms with Crippen LogP contribution < -0.4 is 10.6 Å². The van der Waals surface area contributed by atoms with E-state index in [-0.39, 0.29) is 37.0 Å². The Morgan fingerprint density at radius 3 is 2.48 bits per heavy atom. The monoisotopic (exact) mass is 468 g/mol. The van der Waals surface area contributed by atoms with Crippen molar-refractivity contribution in [2.75, 3.05) is 18.4 Å². The lowest BCUT2D eigenvalue weighted by Crippen LogP contribution is -2.53. The largest absolute Gasteiger partial charge is 0.416 e. The van der Waals surface area contributed by atoms with Gasteiger partial charge in [0.05, 0.1) is 24.7 Å². The lowest BCUT2D eigenvalue weighted by molar-refractivity contribution is -0.137. The SMILES string of the molecule is CC1(NCC(=O)N2C[C@@H](F)C[C@H]2C#N)CCC(C)(C(=O)Nc2cccc(C(F)(F)F)c2)CC1. The van der Waals surface area contributed by atoms with Crippen LogP contribution in [0.15, 0.2) is 24.3 Å². The minimum atomic E-state index is -4.49. The van der Waals surface area contributed by atoms with Crippen LogP contribution in [0.5, 0.6) is 0 Å². The second-order valence-electron chi connectivity index (χ2n) is 9.53. The molecular formula is C23H28F4N4O2. The Bertz CT molecular complexity index is 935. The number of nitrogens with zero attached hydrogens (tertiary/aromatic N) is 2. The van der Waals surface area contributed by atoms with E-state index in [0.29, 0.717) is 25.7 Å². The Hall–Kier alpha value is -2.67. The summed E-state index contributed by atoms with van der Waals surface area (Å²) in [6, 6.07) is 5.74. The number of benzene rings is 1. The van der Waals surface area contributed by atoms with Crippen LogP contribution in [0.3, 0.4) is 0 Å². The smallest absolute Gasteiger partial charge is 0.326 e. The third kappa shape index (κ3) is 5.82. The Labute approximate surface area is 190 Å². The predicted molar refractivity (Wildman–Crippen MR) is 114 cm³/mol. The van der Waals surface area contributed by atoms with Gasteiger partial charge in [-0.05, 0) is 50.8 Å². The molecule has 1 aliphatic carbocycles. The number of rotatable bonds is 5. The van der Waals surface area contributed by atoms with Gasteiger partial charge in [0.25, 0.3) is 0 Å². The number of nitrogens with one attached hydrogen (secondary N) is 2. The third-order valence-corrected chi connectivity index (χ3v) is 6.84. The van der Waals surface area contributed by atoms with Crippen LogP contribution in [-0.2, 0) is 15.8 Å². The molecule has 1 saturated heterocycles. The van der Waals surface area contributed by atoms with E-state index >= 15 is 0 Å². The summed E-state index contributed by atoms with van der Waals surface area (Å²) in [6.07, 6.45) is -3.56. The number of anilines is 1. The first-order chi connectivity index (χ1) is 15.3. The van der Waals surface area contributed by atoms with Crippen LogP contribution >= 0.6 is 0 Å². The van der Waals surface area contributed by atoms with E-state index in [1.54, 1.807) is 6.92 Å². The Balaban J connectivity index is 1.55. The molecule has 10 heteroatoms. The first kappa shape index (κ1) is 25.0. The van der Waals surface area contributed by atoms with Crippen molar-refractivity contribution in [2.24, 2.45) is 5.41 Å². The number of nitriles is 1. The molecule has 0 aromatic heterocycles. The predicted octanol–water partition coefficient (Wildman–Crippen LogP) is 4.04. The highest BCUT2D eigenvalue weighted by Gasteiger charge is 2.43. The molecule has 6 nitrogen and oxygen atoms in total. The van der Waals surface area contributed by atoms with Gasteiger partial charge in [0.1, 0.15) is 12.2 Å². The van der Waals surface area contributed by atoms with Crippen molar-refractivity contribution >= 4 is 17.5 Å². The zero-order chi connectivity index (χ0) is 24.4. The lowest BCUT2D eigenvalue weighted by Gasteiger charge is -2.43. The summed E-state index contributed by atoms with van der Waals surface area (Å²) in [4.78, 5) is 26.6. The normalized spacial score (nSPS) is 30.0. The van der Waals surface area contributed by atoms with E-state index in [2.05, 4.69) is 10.6 Å². The molecule has 2 aliphatic rings. The molecule has 0 radical (unpaired) electrons. The molecule has 2 N–H and O–H groups in total. The van der Waals surface area contributed by atoms with Gasteiger partial charge in [0.2, 0.25) is 11.8 Å². The highest BCUT2D eigenvalue weighted by molar-refractivity contribution is 5.95. The summed E-state index contributed by atoms with van der Waals surface area (Å²) >= 11 is 0. The topological polar surface area (TPSA) is 85.2 Å². The molecule has 33 heavy (non-hydrogen) atoms. The van der Waals surface area contributed by atoms with Crippen LogP contribution in [-0.4, -0.2) is 47.6 Å². The van der Waals surface area contributed by atoms with Crippen molar-refractivity contribution < 1.29 is 27.2 Å². The Morgan fingerprint density at radius 2 is 1.88 bits per heavy atom. The van der Waals surface area contributed by atoms with Crippen LogP contribution in [0, 0.1) is 16.7 Å². The standard InChI is InChI=1S/C23H28F4N4O2/c1-21(20(33)30-17-5-3-4-15(10-17)23(25,26)27)6-8-22(2,9-7-21)29-13-19(32)31-14-16(24)11-18(31)12-28/h3-5,10,16,18,29H,6-9,11,13-14H2,1-2H3,(H,30,33)/t16-,18-,21?,22?/m0/s1. The number of carbonyl (C=O) groups excluding carboxylic acids is 2. The number of carbonyl (C=O) groups is 2. The number of amides is 2. The van der Waals surface area contributed by atoms with Gasteiger partial charge in [-0.1, -0.05) is 13.0 Å². The minimum Gasteiger partial charge on any atom is -0.326 e. The van der Waals surface area contributed by atoms with Crippen molar-refractivity contribution in [2.45, 2.75) is 69.9 Å². The van der Waals surface area contributed by atoms with Crippen LogP contribution in [0.4, 0.5) is 23.2 Å². The quantitative estimate of drug-likeness (QED) is 0.639. The number of halogens is 4. The molecule has 2 fully saturated rings. The van der Waals surface area contributed by atoms with Gasteiger partial charge in [-0.15, -0.1) is 0 Å². The fourth-order valence-electron chi connectivity index (χ4n) is 4.39. The zero-order valence-corrected chi connectivity index (χ0v) is 18.6.